The molecular formula is C39H57O28P3. The summed E-state index contributed by atoms with van der Waals surface area (Å²) in [5.74, 6) is -7.61. The zero-order valence-corrected chi connectivity index (χ0v) is 42.1. The van der Waals surface area contributed by atoms with E-state index in [0.29, 0.717) is 11.5 Å². The number of phosphoric ester groups is 2. The Balaban J connectivity index is -0.000000376. The second-order valence-corrected chi connectivity index (χ2v) is 16.7. The molecule has 28 nitrogen and oxygen atoms in total. The molecule has 70 heavy (non-hydrogen) atoms. The highest BCUT2D eigenvalue weighted by Crippen LogP contribution is 2.42. The molecule has 0 aromatic heterocycles. The van der Waals surface area contributed by atoms with Crippen LogP contribution in [0.5, 0.6) is 17.2 Å². The molecule has 0 spiro atoms. The fourth-order valence-corrected chi connectivity index (χ4v) is 3.83. The number of benzene rings is 3. The van der Waals surface area contributed by atoms with Gasteiger partial charge in [-0.1, -0.05) is 32.0 Å². The molecule has 0 fully saturated rings. The summed E-state index contributed by atoms with van der Waals surface area (Å²) in [6, 6.07) is 16.5. The summed E-state index contributed by atoms with van der Waals surface area (Å²) in [4.78, 5) is 96.6. The van der Waals surface area contributed by atoms with Crippen LogP contribution < -0.4 is 14.0 Å². The van der Waals surface area contributed by atoms with Crippen molar-refractivity contribution in [2.75, 3.05) is 62.9 Å². The van der Waals surface area contributed by atoms with Crippen molar-refractivity contribution in [2.24, 2.45) is 5.92 Å². The number of hydrogen-bond acceptors (Lipinski definition) is 20. The van der Waals surface area contributed by atoms with Crippen LogP contribution in [0, 0.1) is 5.92 Å². The van der Waals surface area contributed by atoms with E-state index in [1.807, 2.05) is 13.8 Å². The highest BCUT2D eigenvalue weighted by atomic mass is 31.2. The molecule has 31 heteroatoms. The van der Waals surface area contributed by atoms with Gasteiger partial charge in [0.2, 0.25) is 0 Å². The first-order valence-electron chi connectivity index (χ1n) is 18.7. The lowest BCUT2D eigenvalue weighted by Gasteiger charge is -2.09. The lowest BCUT2D eigenvalue weighted by molar-refractivity contribution is -0.153. The molecule has 0 radical (unpaired) electrons. The van der Waals surface area contributed by atoms with Crippen LogP contribution >= 0.6 is 23.2 Å². The molecule has 1 aliphatic heterocycles. The molecule has 1 aliphatic rings. The van der Waals surface area contributed by atoms with Gasteiger partial charge < -0.3 is 72.6 Å². The van der Waals surface area contributed by atoms with Crippen LogP contribution in [0.25, 0.3) is 0 Å². The van der Waals surface area contributed by atoms with Crippen LogP contribution in [0.4, 0.5) is 0 Å². The molecule has 4 rings (SSSR count). The maximum absolute atomic E-state index is 11.2. The van der Waals surface area contributed by atoms with Crippen molar-refractivity contribution in [1.82, 2.24) is 0 Å². The van der Waals surface area contributed by atoms with Gasteiger partial charge in [0.1, 0.15) is 17.2 Å². The van der Waals surface area contributed by atoms with Gasteiger partial charge >= 0.3 is 59.1 Å². The van der Waals surface area contributed by atoms with Gasteiger partial charge in [-0.3, -0.25) is 32.9 Å². The van der Waals surface area contributed by atoms with Crippen LogP contribution in [0.3, 0.4) is 0 Å². The molecule has 3 aromatic carbocycles. The number of para-hydroxylation sites is 1. The first-order chi connectivity index (χ1) is 32.4. The van der Waals surface area contributed by atoms with E-state index >= 15 is 0 Å². The minimum Gasteiger partial charge on any atom is -0.481 e. The third-order valence-electron chi connectivity index (χ3n) is 6.59. The number of phosphoric acid groups is 2. The summed E-state index contributed by atoms with van der Waals surface area (Å²) in [6.45, 7) is 7.66. The molecule has 1 unspecified atom stereocenters. The number of methoxy groups -OCH3 is 2. The number of hydrogen-bond donors (Lipinski definition) is 8. The van der Waals surface area contributed by atoms with E-state index in [9.17, 15) is 42.5 Å². The average Bonchev–Trinajstić information content (AvgIpc) is 3.59. The van der Waals surface area contributed by atoms with Crippen molar-refractivity contribution in [3.05, 3.63) is 89.0 Å². The molecule has 1 atom stereocenters. The van der Waals surface area contributed by atoms with Gasteiger partial charge in [0.25, 0.3) is 5.97 Å². The number of aromatic carboxylic acids is 2. The predicted molar refractivity (Wildman–Crippen MR) is 241 cm³/mol. The zero-order valence-electron chi connectivity index (χ0n) is 39.4. The molecule has 1 heterocycles. The van der Waals surface area contributed by atoms with Gasteiger partial charge in [-0.25, -0.2) is 28.3 Å². The summed E-state index contributed by atoms with van der Waals surface area (Å²) < 4.78 is 76.1. The van der Waals surface area contributed by atoms with E-state index in [-0.39, 0.29) is 41.6 Å². The van der Waals surface area contributed by atoms with Gasteiger partial charge in [-0.05, 0) is 55.5 Å². The summed E-state index contributed by atoms with van der Waals surface area (Å²) >= 11 is 0. The van der Waals surface area contributed by atoms with Crippen molar-refractivity contribution in [2.45, 2.75) is 27.7 Å². The molecule has 396 valence electrons. The Morgan fingerprint density at radius 2 is 0.986 bits per heavy atom. The molecule has 3 aromatic rings. The number of fused-ring (bicyclic) bond motifs is 1. The second kappa shape index (κ2) is 37.7. The topological polar surface area (TPSA) is 425 Å². The Hall–Kier alpha value is -6.12. The van der Waals surface area contributed by atoms with E-state index in [2.05, 4.69) is 32.1 Å². The molecule has 0 saturated carbocycles. The Morgan fingerprint density at radius 3 is 1.31 bits per heavy atom. The molecule has 0 amide bonds. The summed E-state index contributed by atoms with van der Waals surface area (Å²) in [5, 5.41) is 40.9. The van der Waals surface area contributed by atoms with Crippen molar-refractivity contribution in [1.29, 1.82) is 0 Å². The first-order valence-corrected chi connectivity index (χ1v) is 23.7. The summed E-state index contributed by atoms with van der Waals surface area (Å²) in [6.07, 6.45) is 0. The van der Waals surface area contributed by atoms with Crippen LogP contribution in [0.1, 0.15) is 69.1 Å². The van der Waals surface area contributed by atoms with Crippen molar-refractivity contribution in [3.63, 3.8) is 0 Å². The second-order valence-electron chi connectivity index (χ2n) is 11.6. The van der Waals surface area contributed by atoms with Gasteiger partial charge in [0.15, 0.2) is 19.5 Å². The minimum atomic E-state index is -4.15. The number of ether oxygens (including phenoxy) is 5. The SMILES string of the molecule is CC.CC(=O)O.CC(C(=O)O)C(=O)O.COCOc1ccc(C(=O)O)c(C(=O)O)c1.COCOc1ccc2c(c1)C(=O)OC2=O.COP(=O)(O)O.COP(=O)(O)Oc1ccccc1.COP(C)(=O)OC. The van der Waals surface area contributed by atoms with Gasteiger partial charge in [-0.15, -0.1) is 0 Å². The average molecular weight is 1070 g/mol. The molecule has 0 bridgehead atoms. The fraction of sp³-hybridized carbons (Fsp3) is 0.359. The van der Waals surface area contributed by atoms with E-state index in [1.165, 1.54) is 59.4 Å². The quantitative estimate of drug-likeness (QED) is 0.0375. The van der Waals surface area contributed by atoms with Crippen molar-refractivity contribution < 1.29 is 134 Å². The van der Waals surface area contributed by atoms with Crippen molar-refractivity contribution >= 4 is 65.0 Å². The molecule has 8 N–H and O–H groups in total. The van der Waals surface area contributed by atoms with Gasteiger partial charge in [0, 0.05) is 56.2 Å². The van der Waals surface area contributed by atoms with E-state index < -0.39 is 70.9 Å². The number of carbonyl (C=O) groups excluding carboxylic acids is 2. The highest BCUT2D eigenvalue weighted by molar-refractivity contribution is 7.52. The molecule has 0 saturated heterocycles. The number of carbonyl (C=O) groups is 7. The van der Waals surface area contributed by atoms with E-state index in [4.69, 9.17) is 59.2 Å². The maximum Gasteiger partial charge on any atom is 0.527 e. The zero-order chi connectivity index (χ0) is 55.4. The number of esters is 2. The number of carboxylic acids is 5. The molecule has 0 aliphatic carbocycles. The monoisotopic (exact) mass is 1070 g/mol. The van der Waals surface area contributed by atoms with Crippen molar-refractivity contribution in [3.8, 4) is 17.2 Å². The smallest absolute Gasteiger partial charge is 0.481 e. The third-order valence-corrected chi connectivity index (χ3v) is 9.30. The lowest BCUT2D eigenvalue weighted by atomic mass is 10.1. The minimum absolute atomic E-state index is 0.0362. The summed E-state index contributed by atoms with van der Waals surface area (Å²) in [5.41, 5.74) is -0.100. The third kappa shape index (κ3) is 35.1. The van der Waals surface area contributed by atoms with Crippen LogP contribution in [0.2, 0.25) is 0 Å². The Bertz CT molecular complexity index is 2200. The largest absolute Gasteiger partial charge is 0.527 e. The lowest BCUT2D eigenvalue weighted by Crippen LogP contribution is -2.19. The molecular weight excluding hydrogens is 1010 g/mol. The number of cyclic esters (lactones) is 2. The Kier molecular flexibility index (Phi) is 38.0. The van der Waals surface area contributed by atoms with E-state index in [0.717, 1.165) is 34.1 Å². The van der Waals surface area contributed by atoms with Crippen LogP contribution in [-0.2, 0) is 60.4 Å². The van der Waals surface area contributed by atoms with E-state index in [1.54, 1.807) is 36.4 Å². The summed E-state index contributed by atoms with van der Waals surface area (Å²) in [7, 11) is -3.02. The van der Waals surface area contributed by atoms with Crippen LogP contribution in [0.15, 0.2) is 66.7 Å². The van der Waals surface area contributed by atoms with Crippen LogP contribution in [-0.4, -0.2) is 145 Å². The first kappa shape index (κ1) is 70.4. The Labute approximate surface area is 400 Å². The number of rotatable bonds is 16. The predicted octanol–water partition coefficient (Wildman–Crippen LogP) is 5.59. The Morgan fingerprint density at radius 1 is 0.586 bits per heavy atom. The number of aliphatic carboxylic acids is 3. The highest BCUT2D eigenvalue weighted by Gasteiger charge is 2.30. The fourth-order valence-electron chi connectivity index (χ4n) is 3.22. The van der Waals surface area contributed by atoms with Gasteiger partial charge in [-0.2, -0.15) is 0 Å². The number of carboxylic acid groups (broad SMARTS) is 5. The standard InChI is InChI=1S/C10H10O6.C10H8O5.C7H9O4P.C4H6O4.C3H9O3P.C2H4O2.C2H6.CH5O4P/c1-15-5-16-6-2-3-7(9(11)12)8(4-6)10(13)14;1-13-5-14-6-2-3-7-8(4-6)10(12)15-9(7)11;1-10-12(8,9)11-7-5-3-2-4-6-7;1-2(3(5)6)4(7)8;1-5-7(3,4)6-2;1-2(3)4;1-2;1-5-6(2,3)4/h2-4H,5H2,1H3,(H,11,12)(H,13,14);2-4H,5H2,1H3;2-6H,1H3,(H,8,9);2H,1H3,(H,5,6)(H,7,8);1-3H3;1H3,(H,3,4);1-2H3;1H3,(H2,2,3,4). The van der Waals surface area contributed by atoms with Gasteiger partial charge in [0.05, 0.1) is 22.3 Å². The maximum atomic E-state index is 11.2. The normalized spacial score (nSPS) is 11.5.